The Morgan fingerprint density at radius 2 is 2.33 bits per heavy atom. The van der Waals surface area contributed by atoms with Crippen LogP contribution in [0.4, 0.5) is 0 Å². The maximum Gasteiger partial charge on any atom is 0.0463 e. The van der Waals surface area contributed by atoms with Gasteiger partial charge in [-0.25, -0.2) is 0 Å². The molecule has 15 heavy (non-hydrogen) atoms. The summed E-state index contributed by atoms with van der Waals surface area (Å²) in [6.07, 6.45) is 2.09. The first kappa shape index (κ1) is 12.9. The second-order valence-electron chi connectivity index (χ2n) is 3.55. The van der Waals surface area contributed by atoms with Crippen LogP contribution in [0.5, 0.6) is 0 Å². The third kappa shape index (κ3) is 3.74. The molecule has 0 saturated carbocycles. The predicted molar refractivity (Wildman–Crippen MR) is 72.5 cm³/mol. The number of thiophene rings is 1. The second kappa shape index (κ2) is 6.46. The molecule has 0 radical (unpaired) electrons. The van der Waals surface area contributed by atoms with E-state index in [1.165, 1.54) is 14.9 Å². The van der Waals surface area contributed by atoms with E-state index in [1.54, 1.807) is 11.3 Å². The molecule has 1 unspecified atom stereocenters. The zero-order valence-electron chi connectivity index (χ0n) is 9.35. The molecule has 1 atom stereocenters. The molecule has 0 aliphatic heterocycles. The molecular formula is C12H18BrNS. The van der Waals surface area contributed by atoms with Crippen LogP contribution in [0.15, 0.2) is 28.1 Å². The van der Waals surface area contributed by atoms with E-state index in [4.69, 9.17) is 0 Å². The molecule has 84 valence electrons. The predicted octanol–water partition coefficient (Wildman–Crippen LogP) is 4.52. The Morgan fingerprint density at radius 1 is 1.60 bits per heavy atom. The van der Waals surface area contributed by atoms with Gasteiger partial charge < -0.3 is 5.32 Å². The van der Waals surface area contributed by atoms with Crippen LogP contribution in [-0.4, -0.2) is 6.54 Å². The van der Waals surface area contributed by atoms with Crippen LogP contribution in [-0.2, 0) is 0 Å². The van der Waals surface area contributed by atoms with Crippen LogP contribution in [0.25, 0.3) is 0 Å². The minimum atomic E-state index is 0.414. The molecule has 0 bridgehead atoms. The first-order valence-electron chi connectivity index (χ1n) is 5.31. The highest BCUT2D eigenvalue weighted by molar-refractivity contribution is 9.10. The van der Waals surface area contributed by atoms with Gasteiger partial charge in [0, 0.05) is 15.4 Å². The SMILES string of the molecule is C=C(CC)CC(NCC)c1sccc1Br. The molecule has 1 nitrogen and oxygen atoms in total. The van der Waals surface area contributed by atoms with Crippen LogP contribution in [0, 0.1) is 0 Å². The van der Waals surface area contributed by atoms with Gasteiger partial charge in [0.15, 0.2) is 0 Å². The molecule has 3 heteroatoms. The molecule has 1 N–H and O–H groups in total. The summed E-state index contributed by atoms with van der Waals surface area (Å²) < 4.78 is 1.21. The fraction of sp³-hybridized carbons (Fsp3) is 0.500. The number of halogens is 1. The lowest BCUT2D eigenvalue weighted by Crippen LogP contribution is -2.20. The number of nitrogens with one attached hydrogen (secondary N) is 1. The Morgan fingerprint density at radius 3 is 2.80 bits per heavy atom. The van der Waals surface area contributed by atoms with Gasteiger partial charge >= 0.3 is 0 Å². The van der Waals surface area contributed by atoms with Crippen LogP contribution < -0.4 is 5.32 Å². The van der Waals surface area contributed by atoms with E-state index < -0.39 is 0 Å². The van der Waals surface area contributed by atoms with Crippen molar-refractivity contribution < 1.29 is 0 Å². The second-order valence-corrected chi connectivity index (χ2v) is 5.35. The van der Waals surface area contributed by atoms with Crippen LogP contribution >= 0.6 is 27.3 Å². The van der Waals surface area contributed by atoms with Crippen molar-refractivity contribution >= 4 is 27.3 Å². The average molecular weight is 288 g/mol. The van der Waals surface area contributed by atoms with E-state index >= 15 is 0 Å². The first-order chi connectivity index (χ1) is 7.19. The highest BCUT2D eigenvalue weighted by Crippen LogP contribution is 2.32. The quantitative estimate of drug-likeness (QED) is 0.759. The molecule has 0 aliphatic carbocycles. The van der Waals surface area contributed by atoms with Gasteiger partial charge in [-0.1, -0.05) is 26.0 Å². The van der Waals surface area contributed by atoms with E-state index in [-0.39, 0.29) is 0 Å². The number of hydrogen-bond donors (Lipinski definition) is 1. The molecule has 1 rings (SSSR count). The maximum atomic E-state index is 4.08. The molecule has 1 heterocycles. The summed E-state index contributed by atoms with van der Waals surface area (Å²) in [6, 6.07) is 2.52. The zero-order valence-corrected chi connectivity index (χ0v) is 11.7. The number of rotatable bonds is 6. The Bertz CT molecular complexity index is 319. The average Bonchev–Trinajstić information content (AvgIpc) is 2.63. The summed E-state index contributed by atoms with van der Waals surface area (Å²) >= 11 is 5.39. The van der Waals surface area contributed by atoms with Crippen molar-refractivity contribution in [2.75, 3.05) is 6.54 Å². The van der Waals surface area contributed by atoms with Crippen molar-refractivity contribution in [2.45, 2.75) is 32.7 Å². The van der Waals surface area contributed by atoms with Crippen molar-refractivity contribution in [1.29, 1.82) is 0 Å². The Hall–Kier alpha value is -0.120. The van der Waals surface area contributed by atoms with E-state index in [2.05, 4.69) is 53.1 Å². The molecule has 0 amide bonds. The van der Waals surface area contributed by atoms with E-state index in [1.807, 2.05) is 0 Å². The zero-order chi connectivity index (χ0) is 11.3. The topological polar surface area (TPSA) is 12.0 Å². The van der Waals surface area contributed by atoms with Gasteiger partial charge in [0.1, 0.15) is 0 Å². The molecular weight excluding hydrogens is 270 g/mol. The van der Waals surface area contributed by atoms with Gasteiger partial charge in [0.2, 0.25) is 0 Å². The third-order valence-electron chi connectivity index (χ3n) is 2.40. The molecule has 0 spiro atoms. The summed E-state index contributed by atoms with van der Waals surface area (Å²) in [6.45, 7) is 9.38. The van der Waals surface area contributed by atoms with Crippen LogP contribution in [0.1, 0.15) is 37.6 Å². The van der Waals surface area contributed by atoms with Gasteiger partial charge in [0.05, 0.1) is 0 Å². The number of hydrogen-bond acceptors (Lipinski definition) is 2. The van der Waals surface area contributed by atoms with Gasteiger partial charge in [-0.3, -0.25) is 0 Å². The highest BCUT2D eigenvalue weighted by Gasteiger charge is 2.15. The van der Waals surface area contributed by atoms with Crippen molar-refractivity contribution in [1.82, 2.24) is 5.32 Å². The van der Waals surface area contributed by atoms with Crippen molar-refractivity contribution in [3.05, 3.63) is 32.9 Å². The standard InChI is InChI=1S/C12H18BrNS/c1-4-9(3)8-11(14-5-2)12-10(13)6-7-15-12/h6-7,11,14H,3-5,8H2,1-2H3. The lowest BCUT2D eigenvalue weighted by Gasteiger charge is -2.18. The minimum absolute atomic E-state index is 0.414. The van der Waals surface area contributed by atoms with Crippen LogP contribution in [0.3, 0.4) is 0 Å². The Balaban J connectivity index is 2.74. The van der Waals surface area contributed by atoms with Crippen molar-refractivity contribution in [3.63, 3.8) is 0 Å². The lowest BCUT2D eigenvalue weighted by molar-refractivity contribution is 0.549. The van der Waals surface area contributed by atoms with Gasteiger partial charge in [-0.15, -0.1) is 11.3 Å². The highest BCUT2D eigenvalue weighted by atomic mass is 79.9. The molecule has 0 aromatic carbocycles. The molecule has 1 aromatic heterocycles. The van der Waals surface area contributed by atoms with E-state index in [9.17, 15) is 0 Å². The lowest BCUT2D eigenvalue weighted by atomic mass is 10.0. The van der Waals surface area contributed by atoms with Crippen LogP contribution in [0.2, 0.25) is 0 Å². The summed E-state index contributed by atoms with van der Waals surface area (Å²) in [4.78, 5) is 1.38. The van der Waals surface area contributed by atoms with E-state index in [0.29, 0.717) is 6.04 Å². The monoisotopic (exact) mass is 287 g/mol. The summed E-state index contributed by atoms with van der Waals surface area (Å²) in [5.74, 6) is 0. The normalized spacial score (nSPS) is 12.7. The minimum Gasteiger partial charge on any atom is -0.309 e. The van der Waals surface area contributed by atoms with Gasteiger partial charge in [-0.2, -0.15) is 0 Å². The smallest absolute Gasteiger partial charge is 0.0463 e. The third-order valence-corrected chi connectivity index (χ3v) is 4.39. The Kier molecular flexibility index (Phi) is 5.58. The summed E-state index contributed by atoms with van der Waals surface area (Å²) in [7, 11) is 0. The van der Waals surface area contributed by atoms with Crippen molar-refractivity contribution in [3.8, 4) is 0 Å². The van der Waals surface area contributed by atoms with E-state index in [0.717, 1.165) is 19.4 Å². The van der Waals surface area contributed by atoms with Gasteiger partial charge in [-0.05, 0) is 46.8 Å². The van der Waals surface area contributed by atoms with Gasteiger partial charge in [0.25, 0.3) is 0 Å². The largest absolute Gasteiger partial charge is 0.309 e. The fourth-order valence-corrected chi connectivity index (χ4v) is 3.22. The van der Waals surface area contributed by atoms with Crippen molar-refractivity contribution in [2.24, 2.45) is 0 Å². The summed E-state index contributed by atoms with van der Waals surface area (Å²) in [5, 5.41) is 5.63. The molecule has 0 saturated heterocycles. The molecule has 1 aromatic rings. The molecule has 0 fully saturated rings. The fourth-order valence-electron chi connectivity index (χ4n) is 1.49. The molecule has 0 aliphatic rings. The maximum absolute atomic E-state index is 4.08. The summed E-state index contributed by atoms with van der Waals surface area (Å²) in [5.41, 5.74) is 1.31. The Labute approximate surface area is 105 Å². The first-order valence-corrected chi connectivity index (χ1v) is 6.99.